The van der Waals surface area contributed by atoms with E-state index in [2.05, 4.69) is 21.0 Å². The van der Waals surface area contributed by atoms with E-state index in [-0.39, 0.29) is 35.9 Å². The Balaban J connectivity index is 1.71. The minimum absolute atomic E-state index is 0.186. The van der Waals surface area contributed by atoms with Crippen molar-refractivity contribution in [2.75, 3.05) is 0 Å². The first-order valence-corrected chi connectivity index (χ1v) is 10.8. The standard InChI is InChI=1S/C21H14BrFN4O2S/c22-15-5-1-14(2-6-15)12-26-21(29)27-17-9-10-30-18(17)19(28)25(20(27)24-26)11-13-3-7-16(23)8-4-13/h1-10H,11-12H2. The summed E-state index contributed by atoms with van der Waals surface area (Å²) >= 11 is 4.69. The number of aromatic nitrogens is 4. The van der Waals surface area contributed by atoms with Crippen LogP contribution in [0.2, 0.25) is 0 Å². The first-order chi connectivity index (χ1) is 14.5. The van der Waals surface area contributed by atoms with Crippen molar-refractivity contribution >= 4 is 43.3 Å². The van der Waals surface area contributed by atoms with Crippen molar-refractivity contribution < 1.29 is 4.39 Å². The fraction of sp³-hybridized carbons (Fsp3) is 0.0952. The van der Waals surface area contributed by atoms with Crippen molar-refractivity contribution in [3.05, 3.63) is 102 Å². The van der Waals surface area contributed by atoms with Crippen molar-refractivity contribution in [3.63, 3.8) is 0 Å². The van der Waals surface area contributed by atoms with E-state index >= 15 is 0 Å². The maximum absolute atomic E-state index is 13.3. The van der Waals surface area contributed by atoms with Gasteiger partial charge in [-0.25, -0.2) is 18.3 Å². The fourth-order valence-electron chi connectivity index (χ4n) is 3.41. The Hall–Kier alpha value is -3.04. The third-order valence-corrected chi connectivity index (χ3v) is 6.31. The van der Waals surface area contributed by atoms with Crippen molar-refractivity contribution in [2.45, 2.75) is 13.1 Å². The number of fused-ring (bicyclic) bond motifs is 3. The van der Waals surface area contributed by atoms with Crippen LogP contribution in [0.4, 0.5) is 4.39 Å². The van der Waals surface area contributed by atoms with Crippen molar-refractivity contribution in [1.82, 2.24) is 18.7 Å². The van der Waals surface area contributed by atoms with Crippen LogP contribution < -0.4 is 11.2 Å². The molecule has 2 aromatic carbocycles. The Morgan fingerprint density at radius 2 is 1.60 bits per heavy atom. The van der Waals surface area contributed by atoms with Gasteiger partial charge >= 0.3 is 5.69 Å². The second-order valence-electron chi connectivity index (χ2n) is 6.85. The molecule has 0 aliphatic rings. The van der Waals surface area contributed by atoms with E-state index in [0.717, 1.165) is 15.6 Å². The number of nitrogens with zero attached hydrogens (tertiary/aromatic N) is 4. The predicted molar refractivity (Wildman–Crippen MR) is 118 cm³/mol. The fourth-order valence-corrected chi connectivity index (χ4v) is 4.50. The molecule has 0 saturated carbocycles. The van der Waals surface area contributed by atoms with E-state index in [4.69, 9.17) is 0 Å². The third-order valence-electron chi connectivity index (χ3n) is 4.89. The SMILES string of the molecule is O=c1c2sccc2n2c(=O)n(Cc3ccc(Br)cc3)nc2n1Cc1ccc(F)cc1. The lowest BCUT2D eigenvalue weighted by Crippen LogP contribution is -2.26. The largest absolute Gasteiger partial charge is 0.352 e. The molecule has 0 spiro atoms. The monoisotopic (exact) mass is 484 g/mol. The molecule has 0 aliphatic heterocycles. The Morgan fingerprint density at radius 3 is 2.33 bits per heavy atom. The van der Waals surface area contributed by atoms with Crippen LogP contribution in [0.1, 0.15) is 11.1 Å². The molecule has 9 heteroatoms. The predicted octanol–water partition coefficient (Wildman–Crippen LogP) is 3.87. The molecule has 0 N–H and O–H groups in total. The molecule has 0 unspecified atom stereocenters. The lowest BCUT2D eigenvalue weighted by molar-refractivity contribution is 0.626. The van der Waals surface area contributed by atoms with E-state index in [0.29, 0.717) is 10.2 Å². The summed E-state index contributed by atoms with van der Waals surface area (Å²) in [7, 11) is 0. The Morgan fingerprint density at radius 1 is 0.933 bits per heavy atom. The topological polar surface area (TPSA) is 61.3 Å². The zero-order chi connectivity index (χ0) is 20.8. The highest BCUT2D eigenvalue weighted by molar-refractivity contribution is 9.10. The number of halogens is 2. The molecule has 0 saturated heterocycles. The van der Waals surface area contributed by atoms with Gasteiger partial charge in [0.25, 0.3) is 5.56 Å². The second-order valence-corrected chi connectivity index (χ2v) is 8.69. The van der Waals surface area contributed by atoms with Gasteiger partial charge in [-0.1, -0.05) is 40.2 Å². The molecule has 0 bridgehead atoms. The number of hydrogen-bond donors (Lipinski definition) is 0. The zero-order valence-electron chi connectivity index (χ0n) is 15.5. The summed E-state index contributed by atoms with van der Waals surface area (Å²) in [5.41, 5.74) is 1.66. The molecule has 0 amide bonds. The minimum Gasteiger partial charge on any atom is -0.271 e. The van der Waals surface area contributed by atoms with Crippen LogP contribution in [0.3, 0.4) is 0 Å². The normalized spacial score (nSPS) is 11.5. The lowest BCUT2D eigenvalue weighted by Gasteiger charge is -2.08. The third kappa shape index (κ3) is 3.20. The molecule has 3 heterocycles. The highest BCUT2D eigenvalue weighted by Gasteiger charge is 2.18. The number of benzene rings is 2. The smallest absolute Gasteiger partial charge is 0.271 e. The van der Waals surface area contributed by atoms with Gasteiger partial charge in [0, 0.05) is 4.47 Å². The maximum Gasteiger partial charge on any atom is 0.352 e. The summed E-state index contributed by atoms with van der Waals surface area (Å²) in [6, 6.07) is 15.3. The summed E-state index contributed by atoms with van der Waals surface area (Å²) in [6.07, 6.45) is 0. The molecular formula is C21H14BrFN4O2S. The van der Waals surface area contributed by atoms with Crippen molar-refractivity contribution in [1.29, 1.82) is 0 Å². The molecule has 0 aliphatic carbocycles. The van der Waals surface area contributed by atoms with Crippen molar-refractivity contribution in [3.8, 4) is 0 Å². The molecular weight excluding hydrogens is 471 g/mol. The number of hydrogen-bond acceptors (Lipinski definition) is 4. The van der Waals surface area contributed by atoms with Crippen LogP contribution in [0.5, 0.6) is 0 Å². The summed E-state index contributed by atoms with van der Waals surface area (Å²) in [4.78, 5) is 26.3. The lowest BCUT2D eigenvalue weighted by atomic mass is 10.2. The molecule has 0 fully saturated rings. The van der Waals surface area contributed by atoms with E-state index in [1.165, 1.54) is 37.1 Å². The summed E-state index contributed by atoms with van der Waals surface area (Å²) in [5.74, 6) is -0.0858. The van der Waals surface area contributed by atoms with E-state index in [1.54, 1.807) is 23.6 Å². The van der Waals surface area contributed by atoms with Gasteiger partial charge in [0.1, 0.15) is 10.5 Å². The molecule has 0 radical (unpaired) electrons. The summed E-state index contributed by atoms with van der Waals surface area (Å²) in [5, 5.41) is 6.27. The average molecular weight is 485 g/mol. The van der Waals surface area contributed by atoms with Crippen molar-refractivity contribution in [2.24, 2.45) is 0 Å². The van der Waals surface area contributed by atoms with Crippen LogP contribution >= 0.6 is 27.3 Å². The highest BCUT2D eigenvalue weighted by atomic mass is 79.9. The molecule has 30 heavy (non-hydrogen) atoms. The number of rotatable bonds is 4. The Bertz CT molecular complexity index is 1500. The highest BCUT2D eigenvalue weighted by Crippen LogP contribution is 2.18. The van der Waals surface area contributed by atoms with Gasteiger partial charge < -0.3 is 0 Å². The van der Waals surface area contributed by atoms with Crippen LogP contribution in [-0.2, 0) is 13.1 Å². The maximum atomic E-state index is 13.3. The summed E-state index contributed by atoms with van der Waals surface area (Å²) < 4.78 is 19.0. The Labute approximate surface area is 181 Å². The molecule has 3 aromatic heterocycles. The van der Waals surface area contributed by atoms with E-state index in [1.807, 2.05) is 24.3 Å². The van der Waals surface area contributed by atoms with Gasteiger partial charge in [-0.05, 0) is 46.8 Å². The van der Waals surface area contributed by atoms with E-state index in [9.17, 15) is 14.0 Å². The quantitative estimate of drug-likeness (QED) is 0.389. The van der Waals surface area contributed by atoms with Gasteiger partial charge in [0.2, 0.25) is 5.78 Å². The molecule has 0 atom stereocenters. The van der Waals surface area contributed by atoms with Gasteiger partial charge in [0.15, 0.2) is 0 Å². The average Bonchev–Trinajstić information content (AvgIpc) is 3.34. The molecule has 5 rings (SSSR count). The molecule has 6 nitrogen and oxygen atoms in total. The molecule has 5 aromatic rings. The number of thiophene rings is 1. The van der Waals surface area contributed by atoms with E-state index < -0.39 is 0 Å². The van der Waals surface area contributed by atoms with Crippen LogP contribution in [0, 0.1) is 5.82 Å². The van der Waals surface area contributed by atoms with Crippen LogP contribution in [0.25, 0.3) is 16.0 Å². The van der Waals surface area contributed by atoms with Crippen LogP contribution in [0.15, 0.2) is 74.0 Å². The second kappa shape index (κ2) is 7.33. The Kier molecular flexibility index (Phi) is 4.63. The first kappa shape index (κ1) is 19.0. The summed E-state index contributed by atoms with van der Waals surface area (Å²) in [6.45, 7) is 0.468. The molecule has 150 valence electrons. The van der Waals surface area contributed by atoms with Gasteiger partial charge in [-0.2, -0.15) is 0 Å². The van der Waals surface area contributed by atoms with Gasteiger partial charge in [-0.15, -0.1) is 16.4 Å². The van der Waals surface area contributed by atoms with Gasteiger partial charge in [0.05, 0.1) is 18.6 Å². The first-order valence-electron chi connectivity index (χ1n) is 9.10. The minimum atomic E-state index is -0.347. The van der Waals surface area contributed by atoms with Gasteiger partial charge in [-0.3, -0.25) is 9.36 Å². The zero-order valence-corrected chi connectivity index (χ0v) is 17.9. The van der Waals surface area contributed by atoms with Crippen LogP contribution in [-0.4, -0.2) is 18.7 Å².